The molecule has 1 N–H and O–H groups in total. The first-order valence-electron chi connectivity index (χ1n) is 13.8. The van der Waals surface area contributed by atoms with E-state index in [1.54, 1.807) is 12.1 Å². The van der Waals surface area contributed by atoms with Crippen LogP contribution in [-0.2, 0) is 38.9 Å². The summed E-state index contributed by atoms with van der Waals surface area (Å²) in [5, 5.41) is 7.77. The van der Waals surface area contributed by atoms with Crippen molar-refractivity contribution in [3.63, 3.8) is 0 Å². The first kappa shape index (κ1) is 29.2. The second-order valence-electron chi connectivity index (χ2n) is 11.0. The van der Waals surface area contributed by atoms with E-state index >= 15 is 0 Å². The lowest BCUT2D eigenvalue weighted by Crippen LogP contribution is -2.30. The molecule has 3 heterocycles. The molecule has 214 valence electrons. The number of hydrogen-bond acceptors (Lipinski definition) is 7. The fourth-order valence-corrected chi connectivity index (χ4v) is 6.57. The summed E-state index contributed by atoms with van der Waals surface area (Å²) in [4.78, 5) is 26.1. The molecular formula is C28H40N4O6S. The maximum Gasteiger partial charge on any atom is 0.338 e. The van der Waals surface area contributed by atoms with Crippen molar-refractivity contribution in [2.45, 2.75) is 70.7 Å². The summed E-state index contributed by atoms with van der Waals surface area (Å²) in [5.41, 5.74) is 1.96. The summed E-state index contributed by atoms with van der Waals surface area (Å²) < 4.78 is 40.5. The van der Waals surface area contributed by atoms with Crippen molar-refractivity contribution in [2.75, 3.05) is 39.5 Å². The number of sulfonamides is 1. The summed E-state index contributed by atoms with van der Waals surface area (Å²) >= 11 is 0. The van der Waals surface area contributed by atoms with E-state index in [1.807, 2.05) is 25.5 Å². The zero-order valence-electron chi connectivity index (χ0n) is 23.2. The van der Waals surface area contributed by atoms with Crippen LogP contribution < -0.4 is 5.32 Å². The van der Waals surface area contributed by atoms with Crippen molar-refractivity contribution in [3.05, 3.63) is 46.8 Å². The number of ether oxygens (including phenoxy) is 2. The van der Waals surface area contributed by atoms with E-state index in [0.717, 1.165) is 37.1 Å². The van der Waals surface area contributed by atoms with Crippen LogP contribution in [0.4, 0.5) is 0 Å². The minimum absolute atomic E-state index is 0.0976. The molecule has 0 radical (unpaired) electrons. The molecule has 39 heavy (non-hydrogen) atoms. The van der Waals surface area contributed by atoms with Crippen molar-refractivity contribution in [3.8, 4) is 0 Å². The number of nitrogens with one attached hydrogen (secondary N) is 1. The molecule has 1 amide bonds. The largest absolute Gasteiger partial charge is 0.461 e. The molecule has 2 aliphatic rings. The fraction of sp³-hybridized carbons (Fsp3) is 0.607. The lowest BCUT2D eigenvalue weighted by atomic mass is 9.94. The molecule has 2 aliphatic heterocycles. The van der Waals surface area contributed by atoms with E-state index in [-0.39, 0.29) is 23.0 Å². The van der Waals surface area contributed by atoms with E-state index in [4.69, 9.17) is 14.6 Å². The third-order valence-corrected chi connectivity index (χ3v) is 8.98. The van der Waals surface area contributed by atoms with Crippen molar-refractivity contribution >= 4 is 21.9 Å². The van der Waals surface area contributed by atoms with Crippen molar-refractivity contribution in [1.82, 2.24) is 19.4 Å². The molecule has 0 spiro atoms. The molecule has 0 bridgehead atoms. The normalized spacial score (nSPS) is 17.8. The minimum Gasteiger partial charge on any atom is -0.461 e. The highest BCUT2D eigenvalue weighted by molar-refractivity contribution is 7.89. The van der Waals surface area contributed by atoms with Crippen LogP contribution in [0.5, 0.6) is 0 Å². The SMILES string of the molecule is CCc1nn(CC(C)(C)COC(=O)c2cccc(S(=O)(=O)N3CCCC3)c2)c2c1C(=O)NCCCOCCC2. The third-order valence-electron chi connectivity index (χ3n) is 7.09. The first-order valence-corrected chi connectivity index (χ1v) is 15.3. The molecular weight excluding hydrogens is 520 g/mol. The van der Waals surface area contributed by atoms with E-state index in [0.29, 0.717) is 57.8 Å². The number of carbonyl (C=O) groups excluding carboxylic acids is 2. The van der Waals surface area contributed by atoms with Crippen LogP contribution in [-0.4, -0.2) is 73.8 Å². The number of aromatic nitrogens is 2. The van der Waals surface area contributed by atoms with Crippen LogP contribution in [0.25, 0.3) is 0 Å². The zero-order valence-corrected chi connectivity index (χ0v) is 24.0. The van der Waals surface area contributed by atoms with Gasteiger partial charge < -0.3 is 14.8 Å². The maximum absolute atomic E-state index is 13.0. The summed E-state index contributed by atoms with van der Waals surface area (Å²) in [6, 6.07) is 6.04. The quantitative estimate of drug-likeness (QED) is 0.493. The molecule has 1 aromatic carbocycles. The summed E-state index contributed by atoms with van der Waals surface area (Å²) in [5.74, 6) is -0.685. The number of hydrogen-bond donors (Lipinski definition) is 1. The molecule has 0 atom stereocenters. The highest BCUT2D eigenvalue weighted by Crippen LogP contribution is 2.26. The van der Waals surface area contributed by atoms with E-state index < -0.39 is 21.4 Å². The number of benzene rings is 1. The highest BCUT2D eigenvalue weighted by Gasteiger charge is 2.30. The summed E-state index contributed by atoms with van der Waals surface area (Å²) in [7, 11) is -3.63. The van der Waals surface area contributed by atoms with Gasteiger partial charge in [0, 0.05) is 44.8 Å². The van der Waals surface area contributed by atoms with Gasteiger partial charge in [0.05, 0.1) is 34.0 Å². The van der Waals surface area contributed by atoms with Crippen LogP contribution in [0.15, 0.2) is 29.2 Å². The number of esters is 1. The molecule has 0 saturated carbocycles. The number of aryl methyl sites for hydroxylation is 1. The molecule has 0 aliphatic carbocycles. The second-order valence-corrected chi connectivity index (χ2v) is 12.9. The Balaban J connectivity index is 1.47. The van der Waals surface area contributed by atoms with Gasteiger partial charge in [-0.25, -0.2) is 13.2 Å². The molecule has 11 heteroatoms. The maximum atomic E-state index is 13.0. The van der Waals surface area contributed by atoms with E-state index in [2.05, 4.69) is 5.32 Å². The van der Waals surface area contributed by atoms with Crippen LogP contribution in [0.1, 0.15) is 78.6 Å². The predicted octanol–water partition coefficient (Wildman–Crippen LogP) is 3.20. The molecule has 10 nitrogen and oxygen atoms in total. The monoisotopic (exact) mass is 560 g/mol. The van der Waals surface area contributed by atoms with Crippen molar-refractivity contribution in [2.24, 2.45) is 5.41 Å². The Labute approximate surface area is 231 Å². The Kier molecular flexibility index (Phi) is 9.45. The Morgan fingerprint density at radius 2 is 1.90 bits per heavy atom. The average Bonchev–Trinajstić information content (AvgIpc) is 3.57. The van der Waals surface area contributed by atoms with Gasteiger partial charge in [0.2, 0.25) is 10.0 Å². The van der Waals surface area contributed by atoms with Gasteiger partial charge in [-0.1, -0.05) is 26.8 Å². The van der Waals surface area contributed by atoms with Gasteiger partial charge in [-0.3, -0.25) is 9.48 Å². The Morgan fingerprint density at radius 1 is 1.15 bits per heavy atom. The number of rotatable bonds is 8. The molecule has 1 aromatic heterocycles. The van der Waals surface area contributed by atoms with Gasteiger partial charge in [-0.15, -0.1) is 0 Å². The van der Waals surface area contributed by atoms with E-state index in [9.17, 15) is 18.0 Å². The lowest BCUT2D eigenvalue weighted by Gasteiger charge is -2.25. The van der Waals surface area contributed by atoms with Crippen molar-refractivity contribution in [1.29, 1.82) is 0 Å². The summed E-state index contributed by atoms with van der Waals surface area (Å²) in [6.07, 6.45) is 4.51. The third kappa shape index (κ3) is 7.06. The minimum atomic E-state index is -3.63. The molecule has 1 fully saturated rings. The second kappa shape index (κ2) is 12.6. The molecule has 4 rings (SSSR count). The lowest BCUT2D eigenvalue weighted by molar-refractivity contribution is 0.0304. The number of amides is 1. The predicted molar refractivity (Wildman–Crippen MR) is 146 cm³/mol. The Morgan fingerprint density at radius 3 is 2.64 bits per heavy atom. The van der Waals surface area contributed by atoms with Crippen LogP contribution in [0.3, 0.4) is 0 Å². The van der Waals surface area contributed by atoms with Crippen LogP contribution in [0, 0.1) is 5.41 Å². The number of nitrogens with zero attached hydrogens (tertiary/aromatic N) is 3. The fourth-order valence-electron chi connectivity index (χ4n) is 5.01. The Bertz CT molecular complexity index is 1280. The Hall–Kier alpha value is -2.76. The first-order chi connectivity index (χ1) is 18.6. The van der Waals surface area contributed by atoms with E-state index in [1.165, 1.54) is 16.4 Å². The average molecular weight is 561 g/mol. The van der Waals surface area contributed by atoms with Gasteiger partial charge in [0.15, 0.2) is 0 Å². The van der Waals surface area contributed by atoms with Gasteiger partial charge in [0.1, 0.15) is 0 Å². The van der Waals surface area contributed by atoms with Gasteiger partial charge in [-0.05, 0) is 56.7 Å². The van der Waals surface area contributed by atoms with Gasteiger partial charge in [0.25, 0.3) is 5.91 Å². The molecule has 0 unspecified atom stereocenters. The molecule has 1 saturated heterocycles. The summed E-state index contributed by atoms with van der Waals surface area (Å²) in [6.45, 7) is 9.26. The van der Waals surface area contributed by atoms with Gasteiger partial charge in [-0.2, -0.15) is 9.40 Å². The zero-order chi connectivity index (χ0) is 28.0. The topological polar surface area (TPSA) is 120 Å². The number of carbonyl (C=O) groups is 2. The highest BCUT2D eigenvalue weighted by atomic mass is 32.2. The van der Waals surface area contributed by atoms with Crippen LogP contribution >= 0.6 is 0 Å². The smallest absolute Gasteiger partial charge is 0.338 e. The van der Waals surface area contributed by atoms with Gasteiger partial charge >= 0.3 is 5.97 Å². The van der Waals surface area contributed by atoms with Crippen molar-refractivity contribution < 1.29 is 27.5 Å². The van der Waals surface area contributed by atoms with Crippen LogP contribution in [0.2, 0.25) is 0 Å². The molecule has 2 aromatic rings. The number of fused-ring (bicyclic) bond motifs is 1. The standard InChI is InChI=1S/C28H40N4O6S/c1-4-23-25-24(12-8-16-37-17-9-13-29-26(25)33)32(30-23)19-28(2,3)20-38-27(34)21-10-7-11-22(18-21)39(35,36)31-14-5-6-15-31/h7,10-11,18H,4-6,8-9,12-17,19-20H2,1-3H3,(H,29,33).